The normalized spacial score (nSPS) is 21.5. The van der Waals surface area contributed by atoms with Gasteiger partial charge >= 0.3 is 0 Å². The topological polar surface area (TPSA) is 131 Å². The van der Waals surface area contributed by atoms with Gasteiger partial charge < -0.3 is 22.1 Å². The maximum absolute atomic E-state index is 12.4. The first-order chi connectivity index (χ1) is 14.7. The second-order valence-corrected chi connectivity index (χ2v) is 7.68. The molecule has 2 aromatic rings. The number of carbonyl (C=O) groups excluding carboxylic acids is 1. The minimum absolute atomic E-state index is 0.0655. The maximum Gasteiger partial charge on any atom is 0.255 e. The van der Waals surface area contributed by atoms with Crippen LogP contribution in [0.5, 0.6) is 0 Å². The van der Waals surface area contributed by atoms with Crippen LogP contribution in [0.25, 0.3) is 5.57 Å². The van der Waals surface area contributed by atoms with E-state index in [4.69, 9.17) is 11.5 Å². The van der Waals surface area contributed by atoms with Crippen LogP contribution in [0.3, 0.4) is 0 Å². The summed E-state index contributed by atoms with van der Waals surface area (Å²) in [6.07, 6.45) is 7.33. The zero-order valence-corrected chi connectivity index (χ0v) is 16.8. The predicted octanol–water partition coefficient (Wildman–Crippen LogP) is 1.97. The molecule has 1 saturated carbocycles. The molecule has 1 aromatic heterocycles. The zero-order valence-electron chi connectivity index (χ0n) is 16.8. The van der Waals surface area contributed by atoms with Crippen LogP contribution in [0.2, 0.25) is 0 Å². The van der Waals surface area contributed by atoms with E-state index in [1.807, 2.05) is 30.3 Å². The molecule has 1 aliphatic carbocycles. The minimum atomic E-state index is -0.197. The van der Waals surface area contributed by atoms with E-state index in [2.05, 4.69) is 25.6 Å². The van der Waals surface area contributed by atoms with E-state index in [9.17, 15) is 4.79 Å². The van der Waals surface area contributed by atoms with Crippen molar-refractivity contribution in [2.24, 2.45) is 16.5 Å². The van der Waals surface area contributed by atoms with Crippen molar-refractivity contribution in [2.75, 3.05) is 5.32 Å². The predicted molar refractivity (Wildman–Crippen MR) is 118 cm³/mol. The molecule has 8 nitrogen and oxygen atoms in total. The third-order valence-electron chi connectivity index (χ3n) is 5.56. The average Bonchev–Trinajstić information content (AvgIpc) is 3.14. The third-order valence-corrected chi connectivity index (χ3v) is 5.56. The van der Waals surface area contributed by atoms with Gasteiger partial charge in [0.15, 0.2) is 0 Å². The van der Waals surface area contributed by atoms with Gasteiger partial charge in [-0.1, -0.05) is 43.2 Å². The SMILES string of the molecule is NC=C(C=NCc1ccccc1)c1nc(NC2CCCCC2N)nc2c1C(=O)NC2. The Bertz CT molecular complexity index is 971. The molecule has 2 unspecified atom stereocenters. The summed E-state index contributed by atoms with van der Waals surface area (Å²) in [5.74, 6) is 0.273. The molecule has 0 radical (unpaired) electrons. The minimum Gasteiger partial charge on any atom is -0.404 e. The van der Waals surface area contributed by atoms with Crippen LogP contribution in [0.1, 0.15) is 53.0 Å². The second-order valence-electron chi connectivity index (χ2n) is 7.68. The van der Waals surface area contributed by atoms with Gasteiger partial charge in [0.25, 0.3) is 5.91 Å². The van der Waals surface area contributed by atoms with Gasteiger partial charge in [-0.3, -0.25) is 9.79 Å². The lowest BCUT2D eigenvalue weighted by Gasteiger charge is -2.29. The van der Waals surface area contributed by atoms with Crippen molar-refractivity contribution in [2.45, 2.75) is 50.9 Å². The van der Waals surface area contributed by atoms with Crippen molar-refractivity contribution in [3.63, 3.8) is 0 Å². The average molecular weight is 406 g/mol. The molecule has 8 heteroatoms. The van der Waals surface area contributed by atoms with Gasteiger partial charge in [-0.25, -0.2) is 9.97 Å². The highest BCUT2D eigenvalue weighted by Gasteiger charge is 2.29. The number of aromatic nitrogens is 2. The first kappa shape index (κ1) is 20.0. The number of anilines is 1. The molecule has 0 bridgehead atoms. The van der Waals surface area contributed by atoms with Crippen LogP contribution in [0, 0.1) is 0 Å². The van der Waals surface area contributed by atoms with Crippen molar-refractivity contribution in [1.82, 2.24) is 15.3 Å². The van der Waals surface area contributed by atoms with E-state index in [1.165, 1.54) is 6.20 Å². The lowest BCUT2D eigenvalue weighted by atomic mass is 9.91. The summed E-state index contributed by atoms with van der Waals surface area (Å²) in [7, 11) is 0. The molecule has 156 valence electrons. The number of fused-ring (bicyclic) bond motifs is 1. The summed E-state index contributed by atoms with van der Waals surface area (Å²) < 4.78 is 0. The summed E-state index contributed by atoms with van der Waals surface area (Å²) >= 11 is 0. The number of rotatable bonds is 6. The van der Waals surface area contributed by atoms with Crippen LogP contribution in [-0.4, -0.2) is 34.2 Å². The summed E-state index contributed by atoms with van der Waals surface area (Å²) in [5.41, 5.74) is 15.4. The number of aliphatic imine (C=N–C) groups is 1. The molecular formula is C22H27N7O. The van der Waals surface area contributed by atoms with E-state index in [1.54, 1.807) is 6.21 Å². The van der Waals surface area contributed by atoms with Crippen molar-refractivity contribution >= 4 is 23.6 Å². The molecule has 1 amide bonds. The van der Waals surface area contributed by atoms with Gasteiger partial charge in [-0.05, 0) is 18.4 Å². The van der Waals surface area contributed by atoms with E-state index in [0.29, 0.717) is 41.6 Å². The largest absolute Gasteiger partial charge is 0.404 e. The summed E-state index contributed by atoms with van der Waals surface area (Å²) in [6, 6.07) is 10.1. The van der Waals surface area contributed by atoms with Crippen molar-refractivity contribution in [3.8, 4) is 0 Å². The number of allylic oxidation sites excluding steroid dienone is 1. The fourth-order valence-electron chi connectivity index (χ4n) is 3.92. The lowest BCUT2D eigenvalue weighted by Crippen LogP contribution is -2.43. The Morgan fingerprint density at radius 3 is 2.80 bits per heavy atom. The molecule has 0 spiro atoms. The van der Waals surface area contributed by atoms with Gasteiger partial charge in [0.2, 0.25) is 5.95 Å². The molecule has 4 rings (SSSR count). The summed E-state index contributed by atoms with van der Waals surface area (Å²) in [6.45, 7) is 0.883. The lowest BCUT2D eigenvalue weighted by molar-refractivity contribution is 0.0965. The first-order valence-electron chi connectivity index (χ1n) is 10.3. The zero-order chi connectivity index (χ0) is 20.9. The number of carbonyl (C=O) groups is 1. The van der Waals surface area contributed by atoms with E-state index in [0.717, 1.165) is 31.2 Å². The third kappa shape index (κ3) is 4.33. The first-order valence-corrected chi connectivity index (χ1v) is 10.3. The molecule has 30 heavy (non-hydrogen) atoms. The second kappa shape index (κ2) is 9.04. The summed E-state index contributed by atoms with van der Waals surface area (Å²) in [4.78, 5) is 26.1. The van der Waals surface area contributed by atoms with Crippen molar-refractivity contribution in [1.29, 1.82) is 0 Å². The fraction of sp³-hybridized carbons (Fsp3) is 0.364. The molecule has 1 aliphatic heterocycles. The number of nitrogens with zero attached hydrogens (tertiary/aromatic N) is 3. The van der Waals surface area contributed by atoms with Gasteiger partial charge in [0.1, 0.15) is 0 Å². The van der Waals surface area contributed by atoms with Crippen LogP contribution in [-0.2, 0) is 13.1 Å². The van der Waals surface area contributed by atoms with Crippen LogP contribution in [0.15, 0.2) is 41.5 Å². The Kier molecular flexibility index (Phi) is 6.04. The van der Waals surface area contributed by atoms with Gasteiger partial charge in [-0.15, -0.1) is 0 Å². The Hall–Kier alpha value is -3.26. The smallest absolute Gasteiger partial charge is 0.255 e. The molecule has 2 aliphatic rings. The summed E-state index contributed by atoms with van der Waals surface area (Å²) in [5, 5.41) is 6.20. The Labute approximate surface area is 175 Å². The van der Waals surface area contributed by atoms with Gasteiger partial charge in [-0.2, -0.15) is 0 Å². The molecule has 1 aromatic carbocycles. The fourth-order valence-corrected chi connectivity index (χ4v) is 3.92. The van der Waals surface area contributed by atoms with E-state index >= 15 is 0 Å². The molecular weight excluding hydrogens is 378 g/mol. The Morgan fingerprint density at radius 1 is 1.23 bits per heavy atom. The molecule has 0 saturated heterocycles. The molecule has 2 heterocycles. The number of hydrogen-bond donors (Lipinski definition) is 4. The van der Waals surface area contributed by atoms with Crippen molar-refractivity contribution < 1.29 is 4.79 Å². The van der Waals surface area contributed by atoms with Crippen LogP contribution < -0.4 is 22.1 Å². The van der Waals surface area contributed by atoms with Gasteiger partial charge in [0.05, 0.1) is 30.0 Å². The highest BCUT2D eigenvalue weighted by Crippen LogP contribution is 2.26. The number of hydrogen-bond acceptors (Lipinski definition) is 7. The quantitative estimate of drug-likeness (QED) is 0.544. The monoisotopic (exact) mass is 405 g/mol. The highest BCUT2D eigenvalue weighted by molar-refractivity contribution is 6.14. The standard InChI is InChI=1S/C22H27N7O/c23-10-15(12-25-11-14-6-2-1-3-7-14)20-19-18(13-26-21(19)30)28-22(29-20)27-17-9-5-4-8-16(17)24/h1-3,6-7,10,12,16-17H,4-5,8-9,11,13,23-24H2,(H,26,30)(H,27,28,29). The van der Waals surface area contributed by atoms with Crippen LogP contribution >= 0.6 is 0 Å². The molecule has 1 fully saturated rings. The Balaban J connectivity index is 1.61. The van der Waals surface area contributed by atoms with Crippen LogP contribution in [0.4, 0.5) is 5.95 Å². The number of amides is 1. The highest BCUT2D eigenvalue weighted by atomic mass is 16.1. The van der Waals surface area contributed by atoms with Gasteiger partial charge in [0, 0.05) is 30.1 Å². The van der Waals surface area contributed by atoms with E-state index in [-0.39, 0.29) is 18.0 Å². The maximum atomic E-state index is 12.4. The molecule has 2 atom stereocenters. The number of benzene rings is 1. The number of nitrogens with one attached hydrogen (secondary N) is 2. The van der Waals surface area contributed by atoms with Crippen molar-refractivity contribution in [3.05, 3.63) is 59.0 Å². The Morgan fingerprint density at radius 2 is 2.03 bits per heavy atom. The van der Waals surface area contributed by atoms with E-state index < -0.39 is 0 Å². The number of nitrogens with two attached hydrogens (primary N) is 2. The molecule has 6 N–H and O–H groups in total.